The Morgan fingerprint density at radius 3 is 2.45 bits per heavy atom. The summed E-state index contributed by atoms with van der Waals surface area (Å²) in [7, 11) is 0. The van der Waals surface area contributed by atoms with Gasteiger partial charge < -0.3 is 0 Å². The highest BCUT2D eigenvalue weighted by molar-refractivity contribution is 8.13. The molecule has 0 spiro atoms. The summed E-state index contributed by atoms with van der Waals surface area (Å²) >= 11 is 8.52. The van der Waals surface area contributed by atoms with Crippen LogP contribution in [0.3, 0.4) is 0 Å². The number of thioether (sulfide) groups is 1. The average molecular weight is 583 g/mol. The molecule has 1 aliphatic heterocycles. The summed E-state index contributed by atoms with van der Waals surface area (Å²) in [5.41, 5.74) is 16.4. The second-order valence-corrected chi connectivity index (χ2v) is 14.3. The lowest BCUT2D eigenvalue weighted by atomic mass is 9.87. The minimum absolute atomic E-state index is 0.0815. The van der Waals surface area contributed by atoms with Gasteiger partial charge in [0.05, 0.1) is 84.7 Å². The Hall–Kier alpha value is -3.09. The molecule has 7 heterocycles. The van der Waals surface area contributed by atoms with E-state index >= 15 is 0 Å². The Balaban J connectivity index is 1.24. The predicted molar refractivity (Wildman–Crippen MR) is 163 cm³/mol. The number of thiophene rings is 1. The molecule has 182 valence electrons. The van der Waals surface area contributed by atoms with E-state index < -0.39 is 0 Å². The minimum Gasteiger partial charge on any atom is -0.277 e. The van der Waals surface area contributed by atoms with E-state index in [1.165, 1.54) is 14.3 Å². The SMILES string of the molecule is CC12SC=NC1C=C(c1ccc3sc4ccc(-c5cc6ncsc6c6scnc56)nc4c3n1)c1ncsc12. The fourth-order valence-corrected chi connectivity index (χ4v) is 10.2. The quantitative estimate of drug-likeness (QED) is 0.206. The van der Waals surface area contributed by atoms with Crippen molar-refractivity contribution in [1.29, 1.82) is 0 Å². The molecule has 6 aromatic heterocycles. The molecule has 2 aliphatic rings. The first-order chi connectivity index (χ1) is 18.7. The average Bonchev–Trinajstić information content (AvgIpc) is 3.74. The van der Waals surface area contributed by atoms with Crippen LogP contribution in [0.2, 0.25) is 0 Å². The van der Waals surface area contributed by atoms with E-state index in [0.717, 1.165) is 59.7 Å². The van der Waals surface area contributed by atoms with Crippen LogP contribution in [0.1, 0.15) is 23.2 Å². The zero-order valence-electron chi connectivity index (χ0n) is 19.6. The molecule has 0 fully saturated rings. The van der Waals surface area contributed by atoms with Gasteiger partial charge in [0.1, 0.15) is 11.0 Å². The lowest BCUT2D eigenvalue weighted by Crippen LogP contribution is -2.30. The molecule has 38 heavy (non-hydrogen) atoms. The molecule has 0 saturated heterocycles. The van der Waals surface area contributed by atoms with Crippen LogP contribution in [0.15, 0.2) is 57.9 Å². The number of aliphatic imine (C=N–C) groups is 1. The van der Waals surface area contributed by atoms with Crippen molar-refractivity contribution in [2.45, 2.75) is 17.7 Å². The van der Waals surface area contributed by atoms with E-state index in [1.807, 2.05) is 22.1 Å². The number of pyridine rings is 2. The standard InChI is InChI=1S/C27H14N6S5/c1-27-19(29-11-37-27)7-13(21-26(27)36-10-31-21)15-3-5-18-23(33-15)22-17(38-18)4-2-14(32-22)12-6-16-24(34-8-28-16)25-20(12)30-9-35-25/h2-11,19H,1H3. The molecule has 0 bridgehead atoms. The molecular weight excluding hydrogens is 569 g/mol. The second-order valence-electron chi connectivity index (χ2n) is 9.38. The van der Waals surface area contributed by atoms with Gasteiger partial charge >= 0.3 is 0 Å². The molecule has 1 aliphatic carbocycles. The molecule has 1 aromatic carbocycles. The van der Waals surface area contributed by atoms with Gasteiger partial charge in [0.15, 0.2) is 0 Å². The molecular formula is C27H14N6S5. The van der Waals surface area contributed by atoms with Crippen molar-refractivity contribution in [2.75, 3.05) is 0 Å². The van der Waals surface area contributed by atoms with E-state index in [0.29, 0.717) is 0 Å². The van der Waals surface area contributed by atoms with Crippen molar-refractivity contribution in [3.05, 3.63) is 69.2 Å². The van der Waals surface area contributed by atoms with Crippen LogP contribution in [-0.2, 0) is 4.75 Å². The number of fused-ring (bicyclic) bond motifs is 9. The number of nitrogens with zero attached hydrogens (tertiary/aromatic N) is 6. The van der Waals surface area contributed by atoms with Crippen molar-refractivity contribution in [3.8, 4) is 11.3 Å². The monoisotopic (exact) mass is 582 g/mol. The maximum Gasteiger partial charge on any atom is 0.108 e. The fraction of sp³-hybridized carbons (Fsp3) is 0.111. The number of hydrogen-bond donors (Lipinski definition) is 0. The Kier molecular flexibility index (Phi) is 4.44. The van der Waals surface area contributed by atoms with E-state index in [4.69, 9.17) is 24.9 Å². The van der Waals surface area contributed by atoms with Gasteiger partial charge in [0.25, 0.3) is 0 Å². The van der Waals surface area contributed by atoms with Gasteiger partial charge in [-0.05, 0) is 43.3 Å². The van der Waals surface area contributed by atoms with Crippen molar-refractivity contribution < 1.29 is 0 Å². The number of benzene rings is 1. The van der Waals surface area contributed by atoms with Crippen LogP contribution in [-0.4, -0.2) is 36.5 Å². The number of rotatable bonds is 2. The van der Waals surface area contributed by atoms with E-state index in [1.54, 1.807) is 57.1 Å². The van der Waals surface area contributed by atoms with Gasteiger partial charge in [-0.3, -0.25) is 4.99 Å². The normalized spacial score (nSPS) is 20.6. The molecule has 7 aromatic rings. The Morgan fingerprint density at radius 1 is 0.789 bits per heavy atom. The summed E-state index contributed by atoms with van der Waals surface area (Å²) in [5, 5.41) is 0. The maximum atomic E-state index is 5.19. The molecule has 0 amide bonds. The van der Waals surface area contributed by atoms with Crippen molar-refractivity contribution in [1.82, 2.24) is 24.9 Å². The maximum absolute atomic E-state index is 5.19. The molecule has 2 unspecified atom stereocenters. The van der Waals surface area contributed by atoms with Crippen molar-refractivity contribution in [3.63, 3.8) is 0 Å². The van der Waals surface area contributed by atoms with Crippen molar-refractivity contribution in [2.24, 2.45) is 4.99 Å². The van der Waals surface area contributed by atoms with Gasteiger partial charge in [0, 0.05) is 11.1 Å². The summed E-state index contributed by atoms with van der Waals surface area (Å²) in [4.78, 5) is 30.4. The highest BCUT2D eigenvalue weighted by Crippen LogP contribution is 2.52. The lowest BCUT2D eigenvalue weighted by Gasteiger charge is -2.31. The zero-order valence-corrected chi connectivity index (χ0v) is 23.7. The highest BCUT2D eigenvalue weighted by Gasteiger charge is 2.45. The number of thiazole rings is 3. The fourth-order valence-electron chi connectivity index (χ4n) is 5.38. The Bertz CT molecular complexity index is 2160. The molecule has 6 nitrogen and oxygen atoms in total. The molecule has 2 atom stereocenters. The van der Waals surface area contributed by atoms with Gasteiger partial charge in [0.2, 0.25) is 0 Å². The molecule has 0 saturated carbocycles. The Morgan fingerprint density at radius 2 is 1.55 bits per heavy atom. The molecule has 0 radical (unpaired) electrons. The lowest BCUT2D eigenvalue weighted by molar-refractivity contribution is 0.623. The van der Waals surface area contributed by atoms with Gasteiger partial charge in [-0.25, -0.2) is 24.9 Å². The second kappa shape index (κ2) is 7.73. The predicted octanol–water partition coefficient (Wildman–Crippen LogP) is 7.99. The largest absolute Gasteiger partial charge is 0.277 e. The van der Waals surface area contributed by atoms with E-state index in [-0.39, 0.29) is 10.8 Å². The zero-order chi connectivity index (χ0) is 25.0. The van der Waals surface area contributed by atoms with Gasteiger partial charge in [-0.15, -0.1) is 45.3 Å². The third-order valence-corrected chi connectivity index (χ3v) is 12.6. The number of aromatic nitrogens is 5. The third-order valence-electron chi connectivity index (χ3n) is 7.30. The van der Waals surface area contributed by atoms with E-state index in [9.17, 15) is 0 Å². The van der Waals surface area contributed by atoms with Crippen LogP contribution in [0.5, 0.6) is 0 Å². The number of hydrogen-bond acceptors (Lipinski definition) is 11. The Labute approximate surface area is 235 Å². The van der Waals surface area contributed by atoms with Crippen LogP contribution in [0.4, 0.5) is 0 Å². The van der Waals surface area contributed by atoms with Gasteiger partial charge in [-0.2, -0.15) is 0 Å². The van der Waals surface area contributed by atoms with Crippen LogP contribution in [0.25, 0.3) is 57.7 Å². The molecule has 11 heteroatoms. The first kappa shape index (κ1) is 21.8. The molecule has 9 rings (SSSR count). The van der Waals surface area contributed by atoms with Crippen LogP contribution >= 0.6 is 57.1 Å². The summed E-state index contributed by atoms with van der Waals surface area (Å²) in [6, 6.07) is 10.7. The minimum atomic E-state index is -0.0882. The van der Waals surface area contributed by atoms with Crippen LogP contribution in [0, 0.1) is 0 Å². The highest BCUT2D eigenvalue weighted by atomic mass is 32.2. The topological polar surface area (TPSA) is 76.8 Å². The van der Waals surface area contributed by atoms with Crippen LogP contribution < -0.4 is 0 Å². The summed E-state index contributed by atoms with van der Waals surface area (Å²) in [6.07, 6.45) is 2.24. The summed E-state index contributed by atoms with van der Waals surface area (Å²) in [6.45, 7) is 2.26. The smallest absolute Gasteiger partial charge is 0.108 e. The first-order valence-electron chi connectivity index (χ1n) is 11.8. The molecule has 0 N–H and O–H groups in total. The van der Waals surface area contributed by atoms with Crippen molar-refractivity contribution >= 4 is 109 Å². The van der Waals surface area contributed by atoms with E-state index in [2.05, 4.69) is 48.3 Å². The summed E-state index contributed by atoms with van der Waals surface area (Å²) in [5.74, 6) is 0. The van der Waals surface area contributed by atoms with Gasteiger partial charge in [-0.1, -0.05) is 11.8 Å². The third kappa shape index (κ3) is 2.88. The summed E-state index contributed by atoms with van der Waals surface area (Å²) < 4.78 is 4.50. The first-order valence-corrected chi connectivity index (χ1v) is 16.2.